The molecule has 3 heterocycles. The van der Waals surface area contributed by atoms with Gasteiger partial charge in [0.25, 0.3) is 0 Å². The fourth-order valence-electron chi connectivity index (χ4n) is 4.83. The van der Waals surface area contributed by atoms with Crippen molar-refractivity contribution in [1.82, 2.24) is 0 Å². The lowest BCUT2D eigenvalue weighted by atomic mass is 9.95. The van der Waals surface area contributed by atoms with Gasteiger partial charge in [-0.1, -0.05) is 6.42 Å². The van der Waals surface area contributed by atoms with E-state index in [-0.39, 0.29) is 29.7 Å². The summed E-state index contributed by atoms with van der Waals surface area (Å²) >= 11 is 0. The number of phenolic OH excluding ortho intramolecular Hbond substituents is 1. The Hall–Kier alpha value is -1.79. The second-order valence-electron chi connectivity index (χ2n) is 8.30. The summed E-state index contributed by atoms with van der Waals surface area (Å²) < 4.78 is 23.2. The van der Waals surface area contributed by atoms with Crippen molar-refractivity contribution in [1.29, 1.82) is 0 Å². The van der Waals surface area contributed by atoms with Crippen molar-refractivity contribution in [2.45, 2.75) is 88.8 Å². The summed E-state index contributed by atoms with van der Waals surface area (Å²) in [6.45, 7) is 2.12. The molecule has 2 fully saturated rings. The molecule has 4 atom stereocenters. The fourth-order valence-corrected chi connectivity index (χ4v) is 4.83. The van der Waals surface area contributed by atoms with Crippen LogP contribution >= 0.6 is 0 Å². The lowest BCUT2D eigenvalue weighted by molar-refractivity contribution is -0.269. The number of esters is 1. The Labute approximate surface area is 166 Å². The Balaban J connectivity index is 1.29. The highest BCUT2D eigenvalue weighted by Crippen LogP contribution is 2.43. The summed E-state index contributed by atoms with van der Waals surface area (Å²) in [6, 6.07) is 3.06. The van der Waals surface area contributed by atoms with Gasteiger partial charge in [0.15, 0.2) is 5.79 Å². The monoisotopic (exact) mass is 390 g/mol. The number of benzene rings is 1. The third-order valence-corrected chi connectivity index (χ3v) is 6.19. The van der Waals surface area contributed by atoms with Crippen LogP contribution in [0.3, 0.4) is 0 Å². The third kappa shape index (κ3) is 3.85. The standard InChI is InChI=1S/C22H30O6/c1-14-9-11-22(27-14)10-5-7-16(28-22)6-3-4-8-18-17-12-15(23)13-19(25-2)20(17)21(24)26-18/h12-14,16,18,23H,3-11H2,1-2H3. The molecule has 6 heteroatoms. The van der Waals surface area contributed by atoms with E-state index in [0.29, 0.717) is 17.4 Å². The molecule has 154 valence electrons. The summed E-state index contributed by atoms with van der Waals surface area (Å²) in [5.41, 5.74) is 1.17. The molecule has 4 rings (SSSR count). The third-order valence-electron chi connectivity index (χ3n) is 6.19. The zero-order valence-electron chi connectivity index (χ0n) is 16.7. The van der Waals surface area contributed by atoms with E-state index in [1.807, 2.05) is 0 Å². The molecule has 4 unspecified atom stereocenters. The number of rotatable bonds is 6. The van der Waals surface area contributed by atoms with Gasteiger partial charge in [-0.2, -0.15) is 0 Å². The van der Waals surface area contributed by atoms with Crippen molar-refractivity contribution in [3.05, 3.63) is 23.3 Å². The molecular formula is C22H30O6. The van der Waals surface area contributed by atoms with Crippen molar-refractivity contribution in [3.63, 3.8) is 0 Å². The first-order chi connectivity index (χ1) is 13.5. The van der Waals surface area contributed by atoms with Crippen LogP contribution in [0.2, 0.25) is 0 Å². The largest absolute Gasteiger partial charge is 0.508 e. The smallest absolute Gasteiger partial charge is 0.342 e. The molecule has 0 saturated carbocycles. The summed E-state index contributed by atoms with van der Waals surface area (Å²) in [7, 11) is 1.49. The number of methoxy groups -OCH3 is 1. The lowest BCUT2D eigenvalue weighted by Crippen LogP contribution is -2.40. The quantitative estimate of drug-likeness (QED) is 0.564. The lowest BCUT2D eigenvalue weighted by Gasteiger charge is -2.38. The van der Waals surface area contributed by atoms with Gasteiger partial charge >= 0.3 is 5.97 Å². The molecule has 1 N–H and O–H groups in total. The van der Waals surface area contributed by atoms with E-state index in [9.17, 15) is 9.90 Å². The Morgan fingerprint density at radius 3 is 2.75 bits per heavy atom. The van der Waals surface area contributed by atoms with Crippen molar-refractivity contribution >= 4 is 5.97 Å². The van der Waals surface area contributed by atoms with E-state index in [0.717, 1.165) is 63.4 Å². The van der Waals surface area contributed by atoms with Gasteiger partial charge in [0.2, 0.25) is 0 Å². The Kier molecular flexibility index (Phi) is 5.52. The number of phenols is 1. The maximum Gasteiger partial charge on any atom is 0.342 e. The van der Waals surface area contributed by atoms with Gasteiger partial charge in [-0.15, -0.1) is 0 Å². The number of cyclic esters (lactones) is 1. The number of ether oxygens (including phenoxy) is 4. The fraction of sp³-hybridized carbons (Fsp3) is 0.682. The average Bonchev–Trinajstić information content (AvgIpc) is 3.18. The van der Waals surface area contributed by atoms with Crippen LogP contribution in [0.4, 0.5) is 0 Å². The van der Waals surface area contributed by atoms with Crippen LogP contribution in [-0.2, 0) is 14.2 Å². The van der Waals surface area contributed by atoms with Crippen molar-refractivity contribution in [3.8, 4) is 11.5 Å². The highest BCUT2D eigenvalue weighted by atomic mass is 16.7. The highest BCUT2D eigenvalue weighted by Gasteiger charge is 2.43. The summed E-state index contributed by atoms with van der Waals surface area (Å²) in [4.78, 5) is 12.2. The van der Waals surface area contributed by atoms with Crippen LogP contribution in [0, 0.1) is 0 Å². The van der Waals surface area contributed by atoms with Crippen LogP contribution in [-0.4, -0.2) is 36.2 Å². The second kappa shape index (κ2) is 7.91. The maximum atomic E-state index is 12.2. The molecule has 1 spiro atoms. The number of carbonyl (C=O) groups is 1. The normalized spacial score (nSPS) is 31.8. The first kappa shape index (κ1) is 19.5. The van der Waals surface area contributed by atoms with Gasteiger partial charge in [0, 0.05) is 24.5 Å². The van der Waals surface area contributed by atoms with Crippen LogP contribution in [0.25, 0.3) is 0 Å². The number of hydrogen-bond acceptors (Lipinski definition) is 6. The zero-order chi connectivity index (χ0) is 19.7. The summed E-state index contributed by atoms with van der Waals surface area (Å²) in [5, 5.41) is 9.90. The topological polar surface area (TPSA) is 74.2 Å². The molecule has 0 aromatic heterocycles. The van der Waals surface area contributed by atoms with Crippen LogP contribution in [0.15, 0.2) is 12.1 Å². The predicted octanol–water partition coefficient (Wildman–Crippen LogP) is 4.64. The van der Waals surface area contributed by atoms with Gasteiger partial charge < -0.3 is 24.1 Å². The molecule has 1 aromatic rings. The number of aromatic hydroxyl groups is 1. The SMILES string of the molecule is COc1cc(O)cc2c1C(=O)OC2CCCCC1CCCC2(CCC(C)O2)O1. The maximum absolute atomic E-state index is 12.2. The van der Waals surface area contributed by atoms with Crippen LogP contribution in [0.1, 0.15) is 86.7 Å². The van der Waals surface area contributed by atoms with E-state index < -0.39 is 0 Å². The van der Waals surface area contributed by atoms with Crippen LogP contribution in [0.5, 0.6) is 11.5 Å². The van der Waals surface area contributed by atoms with E-state index in [2.05, 4.69) is 6.92 Å². The molecule has 3 aliphatic rings. The summed E-state index contributed by atoms with van der Waals surface area (Å²) in [5.74, 6) is -0.252. The first-order valence-corrected chi connectivity index (χ1v) is 10.5. The van der Waals surface area contributed by atoms with E-state index in [1.54, 1.807) is 6.07 Å². The van der Waals surface area contributed by atoms with Gasteiger partial charge in [0.05, 0.1) is 19.3 Å². The Bertz CT molecular complexity index is 728. The minimum absolute atomic E-state index is 0.0885. The minimum atomic E-state index is -0.373. The minimum Gasteiger partial charge on any atom is -0.508 e. The molecule has 6 nitrogen and oxygen atoms in total. The number of fused-ring (bicyclic) bond motifs is 1. The number of carbonyl (C=O) groups excluding carboxylic acids is 1. The zero-order valence-corrected chi connectivity index (χ0v) is 16.7. The Morgan fingerprint density at radius 2 is 2.00 bits per heavy atom. The van der Waals surface area contributed by atoms with Gasteiger partial charge in [-0.05, 0) is 51.5 Å². The molecular weight excluding hydrogens is 360 g/mol. The van der Waals surface area contributed by atoms with E-state index in [1.165, 1.54) is 13.2 Å². The molecule has 3 aliphatic heterocycles. The number of unbranched alkanes of at least 4 members (excludes halogenated alkanes) is 1. The average molecular weight is 390 g/mol. The van der Waals surface area contributed by atoms with Crippen molar-refractivity contribution in [2.24, 2.45) is 0 Å². The van der Waals surface area contributed by atoms with Gasteiger partial charge in [0.1, 0.15) is 23.2 Å². The predicted molar refractivity (Wildman–Crippen MR) is 103 cm³/mol. The first-order valence-electron chi connectivity index (χ1n) is 10.5. The number of hydrogen-bond donors (Lipinski definition) is 1. The summed E-state index contributed by atoms with van der Waals surface area (Å²) in [6.07, 6.45) is 9.24. The molecule has 1 aromatic carbocycles. The van der Waals surface area contributed by atoms with Crippen LogP contribution < -0.4 is 4.74 Å². The second-order valence-corrected chi connectivity index (χ2v) is 8.30. The van der Waals surface area contributed by atoms with Gasteiger partial charge in [-0.3, -0.25) is 0 Å². The van der Waals surface area contributed by atoms with Crippen molar-refractivity contribution in [2.75, 3.05) is 7.11 Å². The van der Waals surface area contributed by atoms with E-state index in [4.69, 9.17) is 18.9 Å². The molecule has 28 heavy (non-hydrogen) atoms. The van der Waals surface area contributed by atoms with Crippen molar-refractivity contribution < 1.29 is 28.8 Å². The highest BCUT2D eigenvalue weighted by molar-refractivity contribution is 5.97. The van der Waals surface area contributed by atoms with E-state index >= 15 is 0 Å². The molecule has 0 aliphatic carbocycles. The molecule has 0 bridgehead atoms. The molecule has 0 radical (unpaired) electrons. The molecule has 0 amide bonds. The van der Waals surface area contributed by atoms with Gasteiger partial charge in [-0.25, -0.2) is 4.79 Å². The Morgan fingerprint density at radius 1 is 1.18 bits per heavy atom. The molecule has 2 saturated heterocycles.